The first-order valence-corrected chi connectivity index (χ1v) is 7.76. The van der Waals surface area contributed by atoms with Gasteiger partial charge in [-0.3, -0.25) is 0 Å². The van der Waals surface area contributed by atoms with Gasteiger partial charge in [-0.25, -0.2) is 13.4 Å². The Morgan fingerprint density at radius 2 is 2.16 bits per heavy atom. The van der Waals surface area contributed by atoms with Gasteiger partial charge in [0, 0.05) is 12.4 Å². The zero-order valence-corrected chi connectivity index (χ0v) is 11.8. The molecule has 0 aliphatic rings. The molecule has 0 spiro atoms. The molecule has 0 unspecified atom stereocenters. The predicted molar refractivity (Wildman–Crippen MR) is 71.9 cm³/mol. The molecule has 1 heterocycles. The van der Waals surface area contributed by atoms with Crippen LogP contribution in [0.3, 0.4) is 0 Å². The summed E-state index contributed by atoms with van der Waals surface area (Å²) in [6.45, 7) is 0.186. The number of rotatable bonds is 4. The molecule has 0 aliphatic heterocycles. The van der Waals surface area contributed by atoms with E-state index in [1.807, 2.05) is 6.07 Å². The van der Waals surface area contributed by atoms with Crippen LogP contribution in [0.25, 0.3) is 0 Å². The maximum atomic E-state index is 12.4. The smallest absolute Gasteiger partial charge is 0.244 e. The molecular formula is C12H11N3O2S2. The molecule has 0 N–H and O–H groups in total. The minimum Gasteiger partial charge on any atom is -0.248 e. The molecule has 5 nitrogen and oxygen atoms in total. The Bertz CT molecular complexity index is 703. The van der Waals surface area contributed by atoms with Crippen LogP contribution >= 0.6 is 11.3 Å². The van der Waals surface area contributed by atoms with E-state index in [4.69, 9.17) is 5.26 Å². The van der Waals surface area contributed by atoms with E-state index in [2.05, 4.69) is 4.98 Å². The van der Waals surface area contributed by atoms with Crippen LogP contribution in [0.4, 0.5) is 0 Å². The number of aromatic nitrogens is 1. The van der Waals surface area contributed by atoms with Crippen molar-refractivity contribution in [2.75, 3.05) is 7.05 Å². The van der Waals surface area contributed by atoms with Crippen LogP contribution < -0.4 is 0 Å². The molecular weight excluding hydrogens is 282 g/mol. The molecule has 2 rings (SSSR count). The largest absolute Gasteiger partial charge is 0.248 e. The summed E-state index contributed by atoms with van der Waals surface area (Å²) in [5.41, 5.74) is 2.48. The van der Waals surface area contributed by atoms with Gasteiger partial charge in [-0.2, -0.15) is 9.57 Å². The van der Waals surface area contributed by atoms with Crippen LogP contribution in [0.2, 0.25) is 0 Å². The third-order valence-corrected chi connectivity index (χ3v) is 5.06. The van der Waals surface area contributed by atoms with Crippen LogP contribution in [-0.4, -0.2) is 24.8 Å². The predicted octanol–water partition coefficient (Wildman–Crippen LogP) is 1.84. The Morgan fingerprint density at radius 3 is 2.79 bits per heavy atom. The van der Waals surface area contributed by atoms with E-state index < -0.39 is 10.0 Å². The van der Waals surface area contributed by atoms with Crippen LogP contribution in [0.15, 0.2) is 40.1 Å². The van der Waals surface area contributed by atoms with E-state index in [-0.39, 0.29) is 17.0 Å². The third kappa shape index (κ3) is 2.81. The fourth-order valence-electron chi connectivity index (χ4n) is 1.58. The zero-order valence-electron chi connectivity index (χ0n) is 10.1. The maximum absolute atomic E-state index is 12.4. The number of benzene rings is 1. The molecule has 98 valence electrons. The standard InChI is InChI=1S/C12H11N3O2S2/c1-15(7-11-8-18-9-14-11)19(16,17)12-5-3-2-4-10(12)6-13/h2-5,8-9H,7H2,1H3. The van der Waals surface area contributed by atoms with Crippen molar-refractivity contribution >= 4 is 21.4 Å². The van der Waals surface area contributed by atoms with E-state index in [9.17, 15) is 8.42 Å². The number of hydrogen-bond acceptors (Lipinski definition) is 5. The Hall–Kier alpha value is -1.75. The van der Waals surface area contributed by atoms with Gasteiger partial charge in [0.1, 0.15) is 6.07 Å². The van der Waals surface area contributed by atoms with Gasteiger partial charge in [0.05, 0.1) is 28.2 Å². The Morgan fingerprint density at radius 1 is 1.42 bits per heavy atom. The average molecular weight is 293 g/mol. The quantitative estimate of drug-likeness (QED) is 0.862. The number of sulfonamides is 1. The first-order valence-electron chi connectivity index (χ1n) is 5.38. The van der Waals surface area contributed by atoms with Crippen molar-refractivity contribution in [1.29, 1.82) is 5.26 Å². The highest BCUT2D eigenvalue weighted by Crippen LogP contribution is 2.20. The second-order valence-electron chi connectivity index (χ2n) is 3.85. The molecule has 0 radical (unpaired) electrons. The van der Waals surface area contributed by atoms with Gasteiger partial charge in [0.15, 0.2) is 0 Å². The van der Waals surface area contributed by atoms with Gasteiger partial charge in [-0.15, -0.1) is 11.3 Å². The Balaban J connectivity index is 2.34. The summed E-state index contributed by atoms with van der Waals surface area (Å²) in [6, 6.07) is 8.06. The summed E-state index contributed by atoms with van der Waals surface area (Å²) in [5.74, 6) is 0. The van der Waals surface area contributed by atoms with Gasteiger partial charge in [-0.1, -0.05) is 12.1 Å². The average Bonchev–Trinajstić information content (AvgIpc) is 2.91. The van der Waals surface area contributed by atoms with Gasteiger partial charge in [0.25, 0.3) is 0 Å². The number of nitrogens with zero attached hydrogens (tertiary/aromatic N) is 3. The molecule has 0 aliphatic carbocycles. The SMILES string of the molecule is CN(Cc1cscn1)S(=O)(=O)c1ccccc1C#N. The van der Waals surface area contributed by atoms with Gasteiger partial charge < -0.3 is 0 Å². The van der Waals surface area contributed by atoms with Crippen molar-refractivity contribution in [3.8, 4) is 6.07 Å². The van der Waals surface area contributed by atoms with E-state index in [0.717, 1.165) is 0 Å². The highest BCUT2D eigenvalue weighted by atomic mass is 32.2. The monoisotopic (exact) mass is 293 g/mol. The van der Waals surface area contributed by atoms with E-state index in [1.54, 1.807) is 23.0 Å². The second-order valence-corrected chi connectivity index (χ2v) is 6.58. The van der Waals surface area contributed by atoms with Crippen molar-refractivity contribution in [3.05, 3.63) is 46.4 Å². The second kappa shape index (κ2) is 5.48. The minimum absolute atomic E-state index is 0.0234. The van der Waals surface area contributed by atoms with Crippen molar-refractivity contribution in [2.45, 2.75) is 11.4 Å². The molecule has 0 fully saturated rings. The molecule has 2 aromatic rings. The first kappa shape index (κ1) is 13.7. The lowest BCUT2D eigenvalue weighted by Gasteiger charge is -2.16. The molecule has 1 aromatic carbocycles. The Kier molecular flexibility index (Phi) is 3.95. The molecule has 0 bridgehead atoms. The number of thiazole rings is 1. The van der Waals surface area contributed by atoms with Gasteiger partial charge in [-0.05, 0) is 12.1 Å². The summed E-state index contributed by atoms with van der Waals surface area (Å²) in [7, 11) is -2.21. The lowest BCUT2D eigenvalue weighted by atomic mass is 10.2. The third-order valence-electron chi connectivity index (χ3n) is 2.56. The Labute approximate surface area is 115 Å². The molecule has 19 heavy (non-hydrogen) atoms. The van der Waals surface area contributed by atoms with E-state index >= 15 is 0 Å². The molecule has 0 amide bonds. The topological polar surface area (TPSA) is 74.1 Å². The lowest BCUT2D eigenvalue weighted by molar-refractivity contribution is 0.463. The molecule has 0 saturated heterocycles. The summed E-state index contributed by atoms with van der Waals surface area (Å²) in [4.78, 5) is 4.08. The molecule has 7 heteroatoms. The highest BCUT2D eigenvalue weighted by molar-refractivity contribution is 7.89. The zero-order chi connectivity index (χ0) is 13.9. The van der Waals surface area contributed by atoms with Crippen molar-refractivity contribution < 1.29 is 8.42 Å². The molecule has 0 atom stereocenters. The van der Waals surface area contributed by atoms with Gasteiger partial charge >= 0.3 is 0 Å². The fourth-order valence-corrected chi connectivity index (χ4v) is 3.41. The van der Waals surface area contributed by atoms with Crippen LogP contribution in [-0.2, 0) is 16.6 Å². The normalized spacial score (nSPS) is 11.4. The highest BCUT2D eigenvalue weighted by Gasteiger charge is 2.24. The molecule has 0 saturated carbocycles. The summed E-state index contributed by atoms with van der Waals surface area (Å²) < 4.78 is 26.0. The molecule has 1 aromatic heterocycles. The summed E-state index contributed by atoms with van der Waals surface area (Å²) >= 11 is 1.41. The van der Waals surface area contributed by atoms with Crippen LogP contribution in [0, 0.1) is 11.3 Å². The van der Waals surface area contributed by atoms with Gasteiger partial charge in [0.2, 0.25) is 10.0 Å². The van der Waals surface area contributed by atoms with Crippen LogP contribution in [0.1, 0.15) is 11.3 Å². The van der Waals surface area contributed by atoms with E-state index in [1.165, 1.54) is 34.8 Å². The number of nitriles is 1. The van der Waals surface area contributed by atoms with Crippen LogP contribution in [0.5, 0.6) is 0 Å². The lowest BCUT2D eigenvalue weighted by Crippen LogP contribution is -2.27. The fraction of sp³-hybridized carbons (Fsp3) is 0.167. The maximum Gasteiger partial charge on any atom is 0.244 e. The number of hydrogen-bond donors (Lipinski definition) is 0. The summed E-state index contributed by atoms with van der Waals surface area (Å²) in [6.07, 6.45) is 0. The summed E-state index contributed by atoms with van der Waals surface area (Å²) in [5, 5.41) is 10.8. The minimum atomic E-state index is -3.68. The van der Waals surface area contributed by atoms with E-state index in [0.29, 0.717) is 5.69 Å². The van der Waals surface area contributed by atoms with Crippen molar-refractivity contribution in [2.24, 2.45) is 0 Å². The van der Waals surface area contributed by atoms with Crippen molar-refractivity contribution in [3.63, 3.8) is 0 Å². The first-order chi connectivity index (χ1) is 9.05. The van der Waals surface area contributed by atoms with Crippen molar-refractivity contribution in [1.82, 2.24) is 9.29 Å².